The molecule has 0 aliphatic heterocycles. The van der Waals surface area contributed by atoms with E-state index in [-0.39, 0.29) is 0 Å². The highest BCUT2D eigenvalue weighted by atomic mass is 16.4. The first kappa shape index (κ1) is 9.16. The predicted molar refractivity (Wildman–Crippen MR) is 54.4 cm³/mol. The van der Waals surface area contributed by atoms with Crippen molar-refractivity contribution in [2.45, 2.75) is 0 Å². The molecule has 1 heterocycles. The SMILES string of the molecule is N#Cc1ccc(C=Cc2nnco2)cc1. The summed E-state index contributed by atoms with van der Waals surface area (Å²) in [6, 6.07) is 9.28. The van der Waals surface area contributed by atoms with Crippen molar-refractivity contribution >= 4 is 12.2 Å². The Bertz CT molecular complexity index is 492. The number of nitriles is 1. The Morgan fingerprint density at radius 2 is 2.00 bits per heavy atom. The molecule has 0 aliphatic carbocycles. The van der Waals surface area contributed by atoms with Gasteiger partial charge in [0.05, 0.1) is 11.6 Å². The molecule has 0 bridgehead atoms. The highest BCUT2D eigenvalue weighted by Crippen LogP contribution is 2.07. The standard InChI is InChI=1S/C11H7N3O/c12-7-10-3-1-9(2-4-10)5-6-11-14-13-8-15-11/h1-6,8H. The van der Waals surface area contributed by atoms with E-state index in [0.717, 1.165) is 5.56 Å². The van der Waals surface area contributed by atoms with Crippen LogP contribution in [0.5, 0.6) is 0 Å². The monoisotopic (exact) mass is 197 g/mol. The van der Waals surface area contributed by atoms with Crippen LogP contribution in [0.4, 0.5) is 0 Å². The first-order valence-electron chi connectivity index (χ1n) is 4.33. The van der Waals surface area contributed by atoms with Gasteiger partial charge in [-0.05, 0) is 23.8 Å². The molecule has 72 valence electrons. The number of benzene rings is 1. The lowest BCUT2D eigenvalue weighted by Crippen LogP contribution is -1.75. The van der Waals surface area contributed by atoms with Crippen molar-refractivity contribution in [2.75, 3.05) is 0 Å². The molecule has 0 atom stereocenters. The van der Waals surface area contributed by atoms with E-state index in [1.54, 1.807) is 18.2 Å². The van der Waals surface area contributed by atoms with Crippen LogP contribution in [0.25, 0.3) is 12.2 Å². The third kappa shape index (κ3) is 2.29. The van der Waals surface area contributed by atoms with Crippen LogP contribution in [0.15, 0.2) is 35.1 Å². The van der Waals surface area contributed by atoms with Crippen LogP contribution in [0.2, 0.25) is 0 Å². The van der Waals surface area contributed by atoms with E-state index in [4.69, 9.17) is 9.68 Å². The average molecular weight is 197 g/mol. The average Bonchev–Trinajstić information content (AvgIpc) is 2.80. The van der Waals surface area contributed by atoms with Gasteiger partial charge in [0.1, 0.15) is 0 Å². The van der Waals surface area contributed by atoms with Crippen LogP contribution in [0, 0.1) is 11.3 Å². The van der Waals surface area contributed by atoms with Crippen LogP contribution in [-0.4, -0.2) is 10.2 Å². The summed E-state index contributed by atoms with van der Waals surface area (Å²) in [5.74, 6) is 0.458. The van der Waals surface area contributed by atoms with Gasteiger partial charge in [-0.15, -0.1) is 10.2 Å². The first-order chi connectivity index (χ1) is 7.38. The van der Waals surface area contributed by atoms with Crippen LogP contribution < -0.4 is 0 Å². The van der Waals surface area contributed by atoms with Gasteiger partial charge in [-0.25, -0.2) is 0 Å². The first-order valence-corrected chi connectivity index (χ1v) is 4.33. The molecule has 15 heavy (non-hydrogen) atoms. The molecule has 0 unspecified atom stereocenters. The van der Waals surface area contributed by atoms with Crippen LogP contribution >= 0.6 is 0 Å². The summed E-state index contributed by atoms with van der Waals surface area (Å²) < 4.78 is 4.94. The summed E-state index contributed by atoms with van der Waals surface area (Å²) in [6.45, 7) is 0. The Morgan fingerprint density at radius 3 is 2.60 bits per heavy atom. The summed E-state index contributed by atoms with van der Waals surface area (Å²) in [4.78, 5) is 0. The molecule has 1 aromatic carbocycles. The van der Waals surface area contributed by atoms with Crippen LogP contribution in [0.3, 0.4) is 0 Å². The Labute approximate surface area is 86.5 Å². The molecular formula is C11H7N3O. The molecular weight excluding hydrogens is 190 g/mol. The maximum atomic E-state index is 8.61. The fourth-order valence-electron chi connectivity index (χ4n) is 1.09. The summed E-state index contributed by atoms with van der Waals surface area (Å²) >= 11 is 0. The Kier molecular flexibility index (Phi) is 2.56. The second kappa shape index (κ2) is 4.20. The van der Waals surface area contributed by atoms with Gasteiger partial charge in [0.2, 0.25) is 12.3 Å². The zero-order valence-electron chi connectivity index (χ0n) is 7.79. The van der Waals surface area contributed by atoms with Gasteiger partial charge >= 0.3 is 0 Å². The molecule has 4 heteroatoms. The molecule has 4 nitrogen and oxygen atoms in total. The van der Waals surface area contributed by atoms with Gasteiger partial charge in [0.25, 0.3) is 0 Å². The maximum absolute atomic E-state index is 8.61. The largest absolute Gasteiger partial charge is 0.424 e. The van der Waals surface area contributed by atoms with E-state index in [1.165, 1.54) is 6.39 Å². The third-order valence-electron chi connectivity index (χ3n) is 1.84. The summed E-state index contributed by atoms with van der Waals surface area (Å²) in [6.07, 6.45) is 4.83. The highest BCUT2D eigenvalue weighted by Gasteiger charge is 1.92. The number of hydrogen-bond acceptors (Lipinski definition) is 4. The topological polar surface area (TPSA) is 62.7 Å². The number of rotatable bonds is 2. The van der Waals surface area contributed by atoms with E-state index in [1.807, 2.05) is 18.2 Å². The smallest absolute Gasteiger partial charge is 0.240 e. The molecule has 0 saturated heterocycles. The molecule has 0 aliphatic rings. The lowest BCUT2D eigenvalue weighted by Gasteiger charge is -1.91. The quantitative estimate of drug-likeness (QED) is 0.739. The minimum absolute atomic E-state index is 0.458. The van der Waals surface area contributed by atoms with E-state index in [2.05, 4.69) is 16.3 Å². The summed E-state index contributed by atoms with van der Waals surface area (Å²) in [5, 5.41) is 15.9. The minimum Gasteiger partial charge on any atom is -0.424 e. The molecule has 2 aromatic rings. The lowest BCUT2D eigenvalue weighted by molar-refractivity contribution is 0.543. The maximum Gasteiger partial charge on any atom is 0.240 e. The number of nitrogens with zero attached hydrogens (tertiary/aromatic N) is 3. The molecule has 0 amide bonds. The van der Waals surface area contributed by atoms with E-state index >= 15 is 0 Å². The molecule has 2 rings (SSSR count). The second-order valence-electron chi connectivity index (χ2n) is 2.84. The third-order valence-corrected chi connectivity index (χ3v) is 1.84. The van der Waals surface area contributed by atoms with Crippen molar-refractivity contribution in [3.63, 3.8) is 0 Å². The zero-order chi connectivity index (χ0) is 10.5. The number of hydrogen-bond donors (Lipinski definition) is 0. The van der Waals surface area contributed by atoms with Crippen molar-refractivity contribution in [3.05, 3.63) is 47.7 Å². The Morgan fingerprint density at radius 1 is 1.20 bits per heavy atom. The van der Waals surface area contributed by atoms with Crippen molar-refractivity contribution in [1.29, 1.82) is 5.26 Å². The summed E-state index contributed by atoms with van der Waals surface area (Å²) in [5.41, 5.74) is 1.62. The zero-order valence-corrected chi connectivity index (χ0v) is 7.79. The lowest BCUT2D eigenvalue weighted by atomic mass is 10.1. The van der Waals surface area contributed by atoms with Gasteiger partial charge in [-0.3, -0.25) is 0 Å². The van der Waals surface area contributed by atoms with Gasteiger partial charge in [0, 0.05) is 6.08 Å². The second-order valence-corrected chi connectivity index (χ2v) is 2.84. The minimum atomic E-state index is 0.458. The van der Waals surface area contributed by atoms with Crippen molar-refractivity contribution in [3.8, 4) is 6.07 Å². The fraction of sp³-hybridized carbons (Fsp3) is 0. The Hall–Kier alpha value is -2.41. The molecule has 1 aromatic heterocycles. The molecule has 0 radical (unpaired) electrons. The fourth-order valence-corrected chi connectivity index (χ4v) is 1.09. The van der Waals surface area contributed by atoms with Crippen LogP contribution in [-0.2, 0) is 0 Å². The Balaban J connectivity index is 2.15. The van der Waals surface area contributed by atoms with Crippen molar-refractivity contribution in [2.24, 2.45) is 0 Å². The predicted octanol–water partition coefficient (Wildman–Crippen LogP) is 2.11. The summed E-state index contributed by atoms with van der Waals surface area (Å²) in [7, 11) is 0. The normalized spacial score (nSPS) is 10.3. The molecule has 0 N–H and O–H groups in total. The molecule has 0 fully saturated rings. The van der Waals surface area contributed by atoms with Gasteiger partial charge in [-0.2, -0.15) is 5.26 Å². The molecule has 0 saturated carbocycles. The van der Waals surface area contributed by atoms with E-state index < -0.39 is 0 Å². The highest BCUT2D eigenvalue weighted by molar-refractivity contribution is 5.66. The van der Waals surface area contributed by atoms with Gasteiger partial charge in [-0.1, -0.05) is 12.1 Å². The van der Waals surface area contributed by atoms with Gasteiger partial charge < -0.3 is 4.42 Å². The van der Waals surface area contributed by atoms with Gasteiger partial charge in [0.15, 0.2) is 0 Å². The van der Waals surface area contributed by atoms with E-state index in [9.17, 15) is 0 Å². The van der Waals surface area contributed by atoms with E-state index in [0.29, 0.717) is 11.5 Å². The van der Waals surface area contributed by atoms with Crippen molar-refractivity contribution < 1.29 is 4.42 Å². The van der Waals surface area contributed by atoms with Crippen LogP contribution in [0.1, 0.15) is 17.0 Å². The number of aromatic nitrogens is 2. The van der Waals surface area contributed by atoms with Crippen molar-refractivity contribution in [1.82, 2.24) is 10.2 Å². The molecule has 0 spiro atoms.